The monoisotopic (exact) mass is 308 g/mol. The van der Waals surface area contributed by atoms with Crippen LogP contribution in [0.25, 0.3) is 0 Å². The van der Waals surface area contributed by atoms with Crippen molar-refractivity contribution in [2.75, 3.05) is 0 Å². The van der Waals surface area contributed by atoms with Crippen molar-refractivity contribution < 1.29 is 9.90 Å². The first kappa shape index (κ1) is 12.8. The van der Waals surface area contributed by atoms with E-state index in [9.17, 15) is 4.79 Å². The van der Waals surface area contributed by atoms with Gasteiger partial charge in [-0.3, -0.25) is 4.79 Å². The molecule has 0 amide bonds. The zero-order valence-electron chi connectivity index (χ0n) is 9.93. The van der Waals surface area contributed by atoms with Gasteiger partial charge in [0.05, 0.1) is 12.1 Å². The molecule has 1 aromatic carbocycles. The van der Waals surface area contributed by atoms with Gasteiger partial charge in [0.2, 0.25) is 0 Å². The molecule has 0 fully saturated rings. The fourth-order valence-corrected chi connectivity index (χ4v) is 2.03. The minimum atomic E-state index is -0.858. The van der Waals surface area contributed by atoms with Crippen LogP contribution in [0.2, 0.25) is 0 Å². The van der Waals surface area contributed by atoms with Crippen molar-refractivity contribution in [2.45, 2.75) is 19.9 Å². The van der Waals surface area contributed by atoms with Crippen LogP contribution < -0.4 is 0 Å². The van der Waals surface area contributed by atoms with Gasteiger partial charge < -0.3 is 9.67 Å². The lowest BCUT2D eigenvalue weighted by molar-refractivity contribution is -0.136. The van der Waals surface area contributed by atoms with Crippen LogP contribution in [0.1, 0.15) is 17.1 Å². The molecule has 2 aromatic rings. The highest BCUT2D eigenvalue weighted by Gasteiger charge is 2.08. The summed E-state index contributed by atoms with van der Waals surface area (Å²) >= 11 is 3.39. The second-order valence-electron chi connectivity index (χ2n) is 4.10. The smallest absolute Gasteiger partial charge is 0.309 e. The SMILES string of the molecule is Cc1nc(CC(=O)O)cn1Cc1ccc(Br)cc1. The second-order valence-corrected chi connectivity index (χ2v) is 5.02. The number of hydrogen-bond donors (Lipinski definition) is 1. The summed E-state index contributed by atoms with van der Waals surface area (Å²) in [6.07, 6.45) is 1.76. The third kappa shape index (κ3) is 3.20. The molecule has 0 spiro atoms. The van der Waals surface area contributed by atoms with Crippen LogP contribution in [-0.2, 0) is 17.8 Å². The summed E-state index contributed by atoms with van der Waals surface area (Å²) in [7, 11) is 0. The van der Waals surface area contributed by atoms with Gasteiger partial charge >= 0.3 is 5.97 Å². The Morgan fingerprint density at radius 3 is 2.67 bits per heavy atom. The normalized spacial score (nSPS) is 10.6. The molecular formula is C13H13BrN2O2. The van der Waals surface area contributed by atoms with E-state index in [1.54, 1.807) is 6.20 Å². The van der Waals surface area contributed by atoms with Crippen LogP contribution in [0.3, 0.4) is 0 Å². The molecule has 5 heteroatoms. The number of aryl methyl sites for hydroxylation is 1. The van der Waals surface area contributed by atoms with Crippen LogP contribution >= 0.6 is 15.9 Å². The van der Waals surface area contributed by atoms with E-state index in [1.165, 1.54) is 0 Å². The standard InChI is InChI=1S/C13H13BrN2O2/c1-9-15-12(6-13(17)18)8-16(9)7-10-2-4-11(14)5-3-10/h2-5,8H,6-7H2,1H3,(H,17,18). The van der Waals surface area contributed by atoms with Gasteiger partial charge in [0.25, 0.3) is 0 Å². The molecule has 1 heterocycles. The molecule has 0 unspecified atom stereocenters. The minimum absolute atomic E-state index is 0.0336. The van der Waals surface area contributed by atoms with E-state index < -0.39 is 5.97 Å². The molecule has 94 valence electrons. The van der Waals surface area contributed by atoms with Crippen molar-refractivity contribution in [3.05, 3.63) is 52.0 Å². The molecule has 4 nitrogen and oxygen atoms in total. The Kier molecular flexibility index (Phi) is 3.81. The van der Waals surface area contributed by atoms with Crippen LogP contribution in [-0.4, -0.2) is 20.6 Å². The lowest BCUT2D eigenvalue weighted by Gasteiger charge is -2.04. The Morgan fingerprint density at radius 1 is 1.39 bits per heavy atom. The maximum Gasteiger partial charge on any atom is 0.309 e. The topological polar surface area (TPSA) is 55.1 Å². The first-order valence-corrected chi connectivity index (χ1v) is 6.33. The molecule has 0 atom stereocenters. The summed E-state index contributed by atoms with van der Waals surface area (Å²) < 4.78 is 3.00. The summed E-state index contributed by atoms with van der Waals surface area (Å²) in [5.74, 6) is -0.0301. The van der Waals surface area contributed by atoms with Gasteiger partial charge in [0, 0.05) is 17.2 Å². The van der Waals surface area contributed by atoms with Crippen molar-refractivity contribution in [1.29, 1.82) is 0 Å². The summed E-state index contributed by atoms with van der Waals surface area (Å²) in [6.45, 7) is 2.58. The Hall–Kier alpha value is -1.62. The van der Waals surface area contributed by atoms with Crippen molar-refractivity contribution in [3.63, 3.8) is 0 Å². The van der Waals surface area contributed by atoms with Crippen LogP contribution in [0.15, 0.2) is 34.9 Å². The zero-order chi connectivity index (χ0) is 13.1. The number of imidazole rings is 1. The number of aliphatic carboxylic acids is 1. The lowest BCUT2D eigenvalue weighted by Crippen LogP contribution is -2.01. The number of benzene rings is 1. The molecule has 0 aliphatic heterocycles. The Labute approximate surface area is 113 Å². The number of nitrogens with zero attached hydrogens (tertiary/aromatic N) is 2. The van der Waals surface area contributed by atoms with E-state index in [1.807, 2.05) is 35.8 Å². The molecule has 0 aliphatic carbocycles. The first-order chi connectivity index (χ1) is 8.54. The molecule has 0 saturated carbocycles. The molecule has 0 saturated heterocycles. The number of halogens is 1. The first-order valence-electron chi connectivity index (χ1n) is 5.53. The minimum Gasteiger partial charge on any atom is -0.481 e. The molecule has 18 heavy (non-hydrogen) atoms. The largest absolute Gasteiger partial charge is 0.481 e. The van der Waals surface area contributed by atoms with Gasteiger partial charge in [-0.1, -0.05) is 28.1 Å². The molecule has 0 radical (unpaired) electrons. The molecular weight excluding hydrogens is 296 g/mol. The molecule has 0 bridgehead atoms. The molecule has 2 rings (SSSR count). The molecule has 1 N–H and O–H groups in total. The van der Waals surface area contributed by atoms with Gasteiger partial charge in [-0.25, -0.2) is 4.98 Å². The third-order valence-corrected chi connectivity index (χ3v) is 3.15. The predicted octanol–water partition coefficient (Wildman–Crippen LogP) is 2.63. The van der Waals surface area contributed by atoms with Gasteiger partial charge in [0.1, 0.15) is 5.82 Å². The Morgan fingerprint density at radius 2 is 2.06 bits per heavy atom. The number of rotatable bonds is 4. The average molecular weight is 309 g/mol. The van der Waals surface area contributed by atoms with Crippen molar-refractivity contribution in [3.8, 4) is 0 Å². The van der Waals surface area contributed by atoms with E-state index in [2.05, 4.69) is 20.9 Å². The van der Waals surface area contributed by atoms with Crippen molar-refractivity contribution >= 4 is 21.9 Å². The number of carbonyl (C=O) groups is 1. The van der Waals surface area contributed by atoms with E-state index in [0.717, 1.165) is 15.9 Å². The predicted molar refractivity (Wildman–Crippen MR) is 71.5 cm³/mol. The number of hydrogen-bond acceptors (Lipinski definition) is 2. The fraction of sp³-hybridized carbons (Fsp3) is 0.231. The maximum absolute atomic E-state index is 10.6. The highest BCUT2D eigenvalue weighted by molar-refractivity contribution is 9.10. The van der Waals surface area contributed by atoms with Crippen molar-refractivity contribution in [1.82, 2.24) is 9.55 Å². The quantitative estimate of drug-likeness (QED) is 0.944. The molecule has 0 aliphatic rings. The van der Waals surface area contributed by atoms with E-state index in [0.29, 0.717) is 12.2 Å². The molecule has 1 aromatic heterocycles. The van der Waals surface area contributed by atoms with Crippen LogP contribution in [0.5, 0.6) is 0 Å². The van der Waals surface area contributed by atoms with E-state index >= 15 is 0 Å². The number of carboxylic acids is 1. The maximum atomic E-state index is 10.6. The second kappa shape index (κ2) is 5.35. The van der Waals surface area contributed by atoms with Gasteiger partial charge in [-0.15, -0.1) is 0 Å². The number of aromatic nitrogens is 2. The van der Waals surface area contributed by atoms with Crippen LogP contribution in [0, 0.1) is 6.92 Å². The highest BCUT2D eigenvalue weighted by Crippen LogP contribution is 2.13. The summed E-state index contributed by atoms with van der Waals surface area (Å²) in [6, 6.07) is 8.03. The third-order valence-electron chi connectivity index (χ3n) is 2.62. The summed E-state index contributed by atoms with van der Waals surface area (Å²) in [5.41, 5.74) is 1.75. The van der Waals surface area contributed by atoms with E-state index in [4.69, 9.17) is 5.11 Å². The van der Waals surface area contributed by atoms with Gasteiger partial charge in [-0.2, -0.15) is 0 Å². The Balaban J connectivity index is 2.16. The van der Waals surface area contributed by atoms with Gasteiger partial charge in [0.15, 0.2) is 0 Å². The zero-order valence-corrected chi connectivity index (χ0v) is 11.5. The van der Waals surface area contributed by atoms with Gasteiger partial charge in [-0.05, 0) is 24.6 Å². The fourth-order valence-electron chi connectivity index (χ4n) is 1.76. The van der Waals surface area contributed by atoms with Crippen LogP contribution in [0.4, 0.5) is 0 Å². The summed E-state index contributed by atoms with van der Waals surface area (Å²) in [5, 5.41) is 8.73. The summed E-state index contributed by atoms with van der Waals surface area (Å²) in [4.78, 5) is 14.9. The lowest BCUT2D eigenvalue weighted by atomic mass is 10.2. The van der Waals surface area contributed by atoms with Crippen molar-refractivity contribution in [2.24, 2.45) is 0 Å². The Bertz CT molecular complexity index is 561. The van der Waals surface area contributed by atoms with E-state index in [-0.39, 0.29) is 6.42 Å². The number of carboxylic acid groups (broad SMARTS) is 1. The highest BCUT2D eigenvalue weighted by atomic mass is 79.9. The average Bonchev–Trinajstić information content (AvgIpc) is 2.61.